The Labute approximate surface area is 136 Å². The summed E-state index contributed by atoms with van der Waals surface area (Å²) in [5, 5.41) is 6.74. The molecule has 0 saturated heterocycles. The number of anilines is 1. The number of thioether (sulfide) groups is 1. The first-order valence-corrected chi connectivity index (χ1v) is 8.78. The SMILES string of the molecule is C[C@H]1CC(Nc2cc(C(N)=O)ccc2Cl)c2ccsc2S1. The summed E-state index contributed by atoms with van der Waals surface area (Å²) in [6.45, 7) is 2.23. The number of fused-ring (bicyclic) bond motifs is 1. The molecule has 110 valence electrons. The average molecular weight is 339 g/mol. The van der Waals surface area contributed by atoms with E-state index in [-0.39, 0.29) is 6.04 Å². The van der Waals surface area contributed by atoms with E-state index in [0.29, 0.717) is 15.8 Å². The lowest BCUT2D eigenvalue weighted by atomic mass is 10.0. The minimum absolute atomic E-state index is 0.211. The van der Waals surface area contributed by atoms with E-state index < -0.39 is 5.91 Å². The first-order chi connectivity index (χ1) is 10.0. The monoisotopic (exact) mass is 338 g/mol. The van der Waals surface area contributed by atoms with Crippen molar-refractivity contribution in [2.45, 2.75) is 28.8 Å². The van der Waals surface area contributed by atoms with Crippen molar-refractivity contribution in [3.05, 3.63) is 45.8 Å². The highest BCUT2D eigenvalue weighted by molar-refractivity contribution is 8.01. The van der Waals surface area contributed by atoms with Crippen molar-refractivity contribution in [2.24, 2.45) is 5.73 Å². The lowest BCUT2D eigenvalue weighted by Gasteiger charge is -2.28. The van der Waals surface area contributed by atoms with E-state index in [1.54, 1.807) is 29.5 Å². The Balaban J connectivity index is 1.91. The second kappa shape index (κ2) is 5.91. The van der Waals surface area contributed by atoms with Crippen LogP contribution in [0.15, 0.2) is 33.9 Å². The van der Waals surface area contributed by atoms with Gasteiger partial charge in [0.2, 0.25) is 5.91 Å². The molecule has 3 nitrogen and oxygen atoms in total. The Kier molecular flexibility index (Phi) is 4.15. The quantitative estimate of drug-likeness (QED) is 0.864. The van der Waals surface area contributed by atoms with Gasteiger partial charge in [-0.2, -0.15) is 0 Å². The smallest absolute Gasteiger partial charge is 0.248 e. The number of carbonyl (C=O) groups is 1. The fourth-order valence-electron chi connectivity index (χ4n) is 2.46. The number of carbonyl (C=O) groups excluding carboxylic acids is 1. The van der Waals surface area contributed by atoms with Crippen LogP contribution in [-0.4, -0.2) is 11.2 Å². The number of primary amides is 1. The fraction of sp³-hybridized carbons (Fsp3) is 0.267. The van der Waals surface area contributed by atoms with Gasteiger partial charge in [0.1, 0.15) is 0 Å². The highest BCUT2D eigenvalue weighted by Crippen LogP contribution is 2.45. The van der Waals surface area contributed by atoms with E-state index in [0.717, 1.165) is 12.1 Å². The molecule has 3 N–H and O–H groups in total. The maximum Gasteiger partial charge on any atom is 0.248 e. The number of benzene rings is 1. The highest BCUT2D eigenvalue weighted by atomic mass is 35.5. The molecule has 3 rings (SSSR count). The number of halogens is 1. The van der Waals surface area contributed by atoms with Gasteiger partial charge in [0, 0.05) is 10.8 Å². The lowest BCUT2D eigenvalue weighted by Crippen LogP contribution is -2.19. The van der Waals surface area contributed by atoms with Gasteiger partial charge in [0.25, 0.3) is 0 Å². The molecule has 2 heterocycles. The Morgan fingerprint density at radius 1 is 1.43 bits per heavy atom. The van der Waals surface area contributed by atoms with Crippen LogP contribution in [0, 0.1) is 0 Å². The lowest BCUT2D eigenvalue weighted by molar-refractivity contribution is 0.100. The van der Waals surface area contributed by atoms with Gasteiger partial charge >= 0.3 is 0 Å². The highest BCUT2D eigenvalue weighted by Gasteiger charge is 2.26. The molecule has 0 fully saturated rings. The summed E-state index contributed by atoms with van der Waals surface area (Å²) in [6.07, 6.45) is 1.02. The average Bonchev–Trinajstić information content (AvgIpc) is 2.89. The predicted octanol–water partition coefficient (Wildman–Crippen LogP) is 4.54. The third-order valence-electron chi connectivity index (χ3n) is 3.49. The number of amides is 1. The van der Waals surface area contributed by atoms with E-state index >= 15 is 0 Å². The van der Waals surface area contributed by atoms with Gasteiger partial charge in [-0.05, 0) is 41.6 Å². The summed E-state index contributed by atoms with van der Waals surface area (Å²) < 4.78 is 1.36. The molecular weight excluding hydrogens is 324 g/mol. The van der Waals surface area contributed by atoms with E-state index in [1.807, 2.05) is 11.8 Å². The van der Waals surface area contributed by atoms with Crippen molar-refractivity contribution in [3.63, 3.8) is 0 Å². The molecular formula is C15H15ClN2OS2. The fourth-order valence-corrected chi connectivity index (χ4v) is 5.20. The van der Waals surface area contributed by atoms with Crippen molar-refractivity contribution in [1.82, 2.24) is 0 Å². The van der Waals surface area contributed by atoms with Crippen LogP contribution in [0.3, 0.4) is 0 Å². The van der Waals surface area contributed by atoms with E-state index in [1.165, 1.54) is 9.77 Å². The van der Waals surface area contributed by atoms with Gasteiger partial charge in [-0.25, -0.2) is 0 Å². The molecule has 2 atom stereocenters. The predicted molar refractivity (Wildman–Crippen MR) is 90.6 cm³/mol. The van der Waals surface area contributed by atoms with Crippen molar-refractivity contribution in [2.75, 3.05) is 5.32 Å². The zero-order valence-electron chi connectivity index (χ0n) is 11.4. The number of nitrogens with two attached hydrogens (primary N) is 1. The van der Waals surface area contributed by atoms with Crippen molar-refractivity contribution >= 4 is 46.3 Å². The molecule has 1 aromatic heterocycles. The maximum absolute atomic E-state index is 11.3. The van der Waals surface area contributed by atoms with Crippen LogP contribution in [0.2, 0.25) is 5.02 Å². The van der Waals surface area contributed by atoms with Crippen LogP contribution >= 0.6 is 34.7 Å². The Bertz CT molecular complexity index is 686. The summed E-state index contributed by atoms with van der Waals surface area (Å²) in [4.78, 5) is 11.3. The van der Waals surface area contributed by atoms with E-state index in [4.69, 9.17) is 17.3 Å². The molecule has 2 aromatic rings. The second-order valence-corrected chi connectivity index (χ2v) is 8.11. The maximum atomic E-state index is 11.3. The third-order valence-corrected chi connectivity index (χ3v) is 6.16. The van der Waals surface area contributed by atoms with Crippen LogP contribution in [0.1, 0.15) is 35.3 Å². The van der Waals surface area contributed by atoms with Crippen LogP contribution in [0.4, 0.5) is 5.69 Å². The Morgan fingerprint density at radius 3 is 3.00 bits per heavy atom. The van der Waals surface area contributed by atoms with Crippen molar-refractivity contribution < 1.29 is 4.79 Å². The summed E-state index contributed by atoms with van der Waals surface area (Å²) in [5.74, 6) is -0.446. The minimum Gasteiger partial charge on any atom is -0.377 e. The molecule has 1 amide bonds. The second-order valence-electron chi connectivity index (χ2n) is 5.08. The minimum atomic E-state index is -0.446. The molecule has 1 aliphatic heterocycles. The summed E-state index contributed by atoms with van der Waals surface area (Å²) >= 11 is 9.93. The molecule has 1 aromatic carbocycles. The topological polar surface area (TPSA) is 55.1 Å². The van der Waals surface area contributed by atoms with Gasteiger partial charge in [-0.3, -0.25) is 4.79 Å². The first-order valence-electron chi connectivity index (χ1n) is 6.64. The summed E-state index contributed by atoms with van der Waals surface area (Å²) in [7, 11) is 0. The van der Waals surface area contributed by atoms with Gasteiger partial charge in [0.05, 0.1) is 21.0 Å². The van der Waals surface area contributed by atoms with Gasteiger partial charge in [-0.1, -0.05) is 18.5 Å². The largest absolute Gasteiger partial charge is 0.377 e. The number of nitrogens with one attached hydrogen (secondary N) is 1. The summed E-state index contributed by atoms with van der Waals surface area (Å²) in [6, 6.07) is 7.44. The first kappa shape index (κ1) is 14.8. The normalized spacial score (nSPS) is 20.9. The molecule has 6 heteroatoms. The molecule has 21 heavy (non-hydrogen) atoms. The van der Waals surface area contributed by atoms with Gasteiger partial charge in [-0.15, -0.1) is 23.1 Å². The molecule has 0 aliphatic carbocycles. The number of hydrogen-bond acceptors (Lipinski definition) is 4. The van der Waals surface area contributed by atoms with E-state index in [9.17, 15) is 4.79 Å². The molecule has 1 aliphatic rings. The van der Waals surface area contributed by atoms with Crippen molar-refractivity contribution in [3.8, 4) is 0 Å². The zero-order chi connectivity index (χ0) is 15.0. The van der Waals surface area contributed by atoms with Crippen LogP contribution in [-0.2, 0) is 0 Å². The molecule has 0 saturated carbocycles. The zero-order valence-corrected chi connectivity index (χ0v) is 13.8. The number of hydrogen-bond donors (Lipinski definition) is 2. The van der Waals surface area contributed by atoms with Crippen LogP contribution in [0.5, 0.6) is 0 Å². The number of thiophene rings is 1. The summed E-state index contributed by atoms with van der Waals surface area (Å²) in [5.41, 5.74) is 7.87. The van der Waals surface area contributed by atoms with Crippen LogP contribution < -0.4 is 11.1 Å². The van der Waals surface area contributed by atoms with E-state index in [2.05, 4.69) is 23.7 Å². The third kappa shape index (κ3) is 3.05. The van der Waals surface area contributed by atoms with Crippen LogP contribution in [0.25, 0.3) is 0 Å². The molecule has 0 spiro atoms. The molecule has 0 bridgehead atoms. The Hall–Kier alpha value is -1.17. The van der Waals surface area contributed by atoms with Crippen molar-refractivity contribution in [1.29, 1.82) is 0 Å². The van der Waals surface area contributed by atoms with Gasteiger partial charge < -0.3 is 11.1 Å². The molecule has 1 unspecified atom stereocenters. The number of rotatable bonds is 3. The molecule has 0 radical (unpaired) electrons. The van der Waals surface area contributed by atoms with Gasteiger partial charge in [0.15, 0.2) is 0 Å². The Morgan fingerprint density at radius 2 is 2.24 bits per heavy atom. The standard InChI is InChI=1S/C15H15ClN2OS2/c1-8-6-12(10-4-5-20-15(10)21-8)18-13-7-9(14(17)19)2-3-11(13)16/h2-5,7-8,12,18H,6H2,1H3,(H2,17,19)/t8-,12?/m0/s1.